The molecule has 1 saturated heterocycles. The highest BCUT2D eigenvalue weighted by molar-refractivity contribution is 7.91. The smallest absolute Gasteiger partial charge is 0.158 e. The second-order valence-corrected chi connectivity index (χ2v) is 6.13. The first-order chi connectivity index (χ1) is 7.20. The van der Waals surface area contributed by atoms with Crippen molar-refractivity contribution in [2.24, 2.45) is 0 Å². The molecule has 0 amide bonds. The molecule has 0 aromatic heterocycles. The van der Waals surface area contributed by atoms with Crippen molar-refractivity contribution in [1.82, 2.24) is 5.32 Å². The summed E-state index contributed by atoms with van der Waals surface area (Å²) >= 11 is 0. The lowest BCUT2D eigenvalue weighted by molar-refractivity contribution is 0.582. The minimum atomic E-state index is -2.98. The van der Waals surface area contributed by atoms with Gasteiger partial charge in [-0.25, -0.2) is 8.42 Å². The van der Waals surface area contributed by atoms with Crippen molar-refractivity contribution in [3.05, 3.63) is 35.9 Å². The van der Waals surface area contributed by atoms with Crippen LogP contribution in [0.5, 0.6) is 0 Å². The molecule has 3 nitrogen and oxygen atoms in total. The Balaban J connectivity index is 2.34. The Labute approximate surface area is 90.4 Å². The van der Waals surface area contributed by atoms with Crippen molar-refractivity contribution in [2.75, 3.05) is 18.8 Å². The summed E-state index contributed by atoms with van der Waals surface area (Å²) in [5.74, 6) is 0.291. The summed E-state index contributed by atoms with van der Waals surface area (Å²) < 4.78 is 23.9. The molecule has 1 aromatic rings. The number of rotatable bonds is 1. The summed E-state index contributed by atoms with van der Waals surface area (Å²) in [4.78, 5) is 0. The van der Waals surface area contributed by atoms with Crippen LogP contribution in [-0.4, -0.2) is 27.3 Å². The molecular formula is C11H15NO2S. The lowest BCUT2D eigenvalue weighted by Crippen LogP contribution is -2.23. The Morgan fingerprint density at radius 1 is 1.20 bits per heavy atom. The van der Waals surface area contributed by atoms with Gasteiger partial charge in [-0.15, -0.1) is 0 Å². The van der Waals surface area contributed by atoms with E-state index in [4.69, 9.17) is 0 Å². The third-order valence-corrected chi connectivity index (χ3v) is 4.88. The zero-order chi connectivity index (χ0) is 10.7. The van der Waals surface area contributed by atoms with Gasteiger partial charge in [0.05, 0.1) is 11.0 Å². The zero-order valence-corrected chi connectivity index (χ0v) is 9.33. The van der Waals surface area contributed by atoms with E-state index in [-0.39, 0.29) is 5.25 Å². The van der Waals surface area contributed by atoms with E-state index in [0.29, 0.717) is 18.7 Å². The van der Waals surface area contributed by atoms with Gasteiger partial charge >= 0.3 is 0 Å². The maximum atomic E-state index is 12.0. The van der Waals surface area contributed by atoms with Gasteiger partial charge in [-0.05, 0) is 18.5 Å². The zero-order valence-electron chi connectivity index (χ0n) is 8.52. The Hall–Kier alpha value is -0.870. The third-order valence-electron chi connectivity index (χ3n) is 2.72. The predicted octanol–water partition coefficient (Wildman–Crippen LogP) is 1.14. The molecule has 15 heavy (non-hydrogen) atoms. The van der Waals surface area contributed by atoms with Gasteiger partial charge in [0.15, 0.2) is 9.84 Å². The van der Waals surface area contributed by atoms with Crippen LogP contribution in [0, 0.1) is 0 Å². The summed E-state index contributed by atoms with van der Waals surface area (Å²) in [7, 11) is -2.98. The second-order valence-electron chi connectivity index (χ2n) is 3.82. The van der Waals surface area contributed by atoms with Crippen LogP contribution < -0.4 is 5.32 Å². The topological polar surface area (TPSA) is 46.2 Å². The molecule has 0 spiro atoms. The standard InChI is InChI=1S/C11H15NO2S/c13-15(14)8-4-7-12-9-11(15)10-5-2-1-3-6-10/h1-3,5-6,11-12H,4,7-9H2. The van der Waals surface area contributed by atoms with Crippen LogP contribution in [0.2, 0.25) is 0 Å². The predicted molar refractivity (Wildman–Crippen MR) is 60.5 cm³/mol. The highest BCUT2D eigenvalue weighted by Gasteiger charge is 2.28. The second kappa shape index (κ2) is 4.33. The van der Waals surface area contributed by atoms with E-state index in [0.717, 1.165) is 12.1 Å². The van der Waals surface area contributed by atoms with Gasteiger partial charge in [-0.1, -0.05) is 30.3 Å². The molecule has 1 aliphatic heterocycles. The van der Waals surface area contributed by atoms with Crippen molar-refractivity contribution in [1.29, 1.82) is 0 Å². The van der Waals surface area contributed by atoms with E-state index in [1.54, 1.807) is 0 Å². The Morgan fingerprint density at radius 3 is 2.67 bits per heavy atom. The first-order valence-corrected chi connectivity index (χ1v) is 6.89. The fourth-order valence-corrected chi connectivity index (χ4v) is 3.67. The Morgan fingerprint density at radius 2 is 1.93 bits per heavy atom. The summed E-state index contributed by atoms with van der Waals surface area (Å²) in [5, 5.41) is 2.80. The van der Waals surface area contributed by atoms with Crippen molar-refractivity contribution in [2.45, 2.75) is 11.7 Å². The summed E-state index contributed by atoms with van der Waals surface area (Å²) in [5.41, 5.74) is 0.895. The van der Waals surface area contributed by atoms with E-state index in [9.17, 15) is 8.42 Å². The van der Waals surface area contributed by atoms with E-state index in [2.05, 4.69) is 5.32 Å². The van der Waals surface area contributed by atoms with Gasteiger partial charge in [0.2, 0.25) is 0 Å². The minimum Gasteiger partial charge on any atom is -0.315 e. The van der Waals surface area contributed by atoms with Crippen LogP contribution in [0.3, 0.4) is 0 Å². The van der Waals surface area contributed by atoms with Gasteiger partial charge in [0.25, 0.3) is 0 Å². The molecule has 0 saturated carbocycles. The molecule has 4 heteroatoms. The van der Waals surface area contributed by atoms with E-state index >= 15 is 0 Å². The van der Waals surface area contributed by atoms with Crippen molar-refractivity contribution in [3.63, 3.8) is 0 Å². The average Bonchev–Trinajstić information content (AvgIpc) is 2.40. The Bertz CT molecular complexity index is 413. The molecule has 0 radical (unpaired) electrons. The van der Waals surface area contributed by atoms with Crippen molar-refractivity contribution < 1.29 is 8.42 Å². The molecular weight excluding hydrogens is 210 g/mol. The van der Waals surface area contributed by atoms with E-state index < -0.39 is 9.84 Å². The Kier molecular flexibility index (Phi) is 3.07. The third kappa shape index (κ3) is 2.38. The fraction of sp³-hybridized carbons (Fsp3) is 0.455. The average molecular weight is 225 g/mol. The number of hydrogen-bond acceptors (Lipinski definition) is 3. The molecule has 2 rings (SSSR count). The lowest BCUT2D eigenvalue weighted by Gasteiger charge is -2.14. The van der Waals surface area contributed by atoms with Crippen molar-refractivity contribution in [3.8, 4) is 0 Å². The molecule has 1 N–H and O–H groups in total. The normalized spacial score (nSPS) is 25.7. The molecule has 1 aliphatic rings. The SMILES string of the molecule is O=S1(=O)CCCNCC1c1ccccc1. The van der Waals surface area contributed by atoms with Crippen LogP contribution in [0.25, 0.3) is 0 Å². The molecule has 1 unspecified atom stereocenters. The number of nitrogens with one attached hydrogen (secondary N) is 1. The van der Waals surface area contributed by atoms with Crippen LogP contribution in [0.1, 0.15) is 17.2 Å². The van der Waals surface area contributed by atoms with Gasteiger partial charge in [0.1, 0.15) is 0 Å². The lowest BCUT2D eigenvalue weighted by atomic mass is 10.1. The van der Waals surface area contributed by atoms with Gasteiger partial charge in [0, 0.05) is 6.54 Å². The van der Waals surface area contributed by atoms with Crippen LogP contribution in [0.4, 0.5) is 0 Å². The van der Waals surface area contributed by atoms with Crippen LogP contribution in [0.15, 0.2) is 30.3 Å². The maximum Gasteiger partial charge on any atom is 0.158 e. The maximum absolute atomic E-state index is 12.0. The molecule has 1 aromatic carbocycles. The molecule has 0 aliphatic carbocycles. The number of sulfone groups is 1. The monoisotopic (exact) mass is 225 g/mol. The number of benzene rings is 1. The summed E-state index contributed by atoms with van der Waals surface area (Å²) in [6, 6.07) is 9.44. The van der Waals surface area contributed by atoms with Crippen LogP contribution in [-0.2, 0) is 9.84 Å². The molecule has 1 atom stereocenters. The van der Waals surface area contributed by atoms with Gasteiger partial charge in [-0.3, -0.25) is 0 Å². The van der Waals surface area contributed by atoms with Gasteiger partial charge in [-0.2, -0.15) is 0 Å². The quantitative estimate of drug-likeness (QED) is 0.779. The first kappa shape index (κ1) is 10.6. The van der Waals surface area contributed by atoms with E-state index in [1.807, 2.05) is 30.3 Å². The minimum absolute atomic E-state index is 0.291. The molecule has 82 valence electrons. The largest absolute Gasteiger partial charge is 0.315 e. The fourth-order valence-electron chi connectivity index (χ4n) is 1.89. The highest BCUT2D eigenvalue weighted by atomic mass is 32.2. The molecule has 1 heterocycles. The number of hydrogen-bond donors (Lipinski definition) is 1. The first-order valence-electron chi connectivity index (χ1n) is 5.17. The summed E-state index contributed by atoms with van der Waals surface area (Å²) in [6.45, 7) is 1.33. The highest BCUT2D eigenvalue weighted by Crippen LogP contribution is 2.24. The molecule has 1 fully saturated rings. The molecule has 0 bridgehead atoms. The van der Waals surface area contributed by atoms with Crippen molar-refractivity contribution >= 4 is 9.84 Å². The van der Waals surface area contributed by atoms with Crippen LogP contribution >= 0.6 is 0 Å². The summed E-state index contributed by atoms with van der Waals surface area (Å²) in [6.07, 6.45) is 0.714. The van der Waals surface area contributed by atoms with Gasteiger partial charge < -0.3 is 5.32 Å². The van der Waals surface area contributed by atoms with E-state index in [1.165, 1.54) is 0 Å².